The third-order valence-electron chi connectivity index (χ3n) is 1.27. The van der Waals surface area contributed by atoms with E-state index in [9.17, 15) is 0 Å². The van der Waals surface area contributed by atoms with Crippen LogP contribution in [0.4, 0.5) is 0 Å². The van der Waals surface area contributed by atoms with E-state index >= 15 is 0 Å². The van der Waals surface area contributed by atoms with Crippen molar-refractivity contribution in [2.75, 3.05) is 19.6 Å². The van der Waals surface area contributed by atoms with Crippen molar-refractivity contribution in [3.05, 3.63) is 0 Å². The minimum Gasteiger partial charge on any atom is -0.316 e. The number of rotatable bonds is 0. The lowest BCUT2D eigenvalue weighted by Crippen LogP contribution is -2.18. The number of hydrogen-bond acceptors (Lipinski definition) is 3. The Hall–Kier alpha value is -0.570. The molecule has 1 heterocycles. The molecule has 2 N–H and O–H groups in total. The average Bonchev–Trinajstić information content (AvgIpc) is 2.00. The van der Waals surface area contributed by atoms with Gasteiger partial charge < -0.3 is 10.7 Å². The van der Waals surface area contributed by atoms with Gasteiger partial charge in [-0.3, -0.25) is 0 Å². The summed E-state index contributed by atoms with van der Waals surface area (Å²) >= 11 is 0. The molecule has 1 aliphatic rings. The van der Waals surface area contributed by atoms with Gasteiger partial charge in [0.1, 0.15) is 0 Å². The summed E-state index contributed by atoms with van der Waals surface area (Å²) in [6, 6.07) is 0. The summed E-state index contributed by atoms with van der Waals surface area (Å²) in [5.74, 6) is 0. The Balaban J connectivity index is 2.15. The topological polar surface area (TPSA) is 36.4 Å². The molecule has 0 amide bonds. The Bertz CT molecular complexity index is 80.3. The average molecular weight is 127 g/mol. The zero-order valence-electron chi connectivity index (χ0n) is 5.56. The minimum absolute atomic E-state index is 0.990. The normalized spacial score (nSPS) is 24.9. The van der Waals surface area contributed by atoms with Crippen LogP contribution in [0, 0.1) is 0 Å². The molecule has 0 aromatic heterocycles. The number of nitrogens with one attached hydrogen (secondary N) is 2. The Labute approximate surface area is 55.5 Å². The quantitative estimate of drug-likeness (QED) is 0.478. The van der Waals surface area contributed by atoms with Crippen LogP contribution in [0.3, 0.4) is 0 Å². The van der Waals surface area contributed by atoms with E-state index < -0.39 is 0 Å². The van der Waals surface area contributed by atoms with Gasteiger partial charge in [0.25, 0.3) is 0 Å². The molecular weight excluding hydrogens is 114 g/mol. The molecule has 0 atom stereocenters. The first kappa shape index (κ1) is 6.55. The molecule has 0 saturated carbocycles. The van der Waals surface area contributed by atoms with Gasteiger partial charge in [0, 0.05) is 19.3 Å². The summed E-state index contributed by atoms with van der Waals surface area (Å²) in [4.78, 5) is 0. The standard InChI is InChI=1S/C6H13N3/c1-3-7-4-2-6-9-8-5-1/h5,7,9H,1-4,6H2/b8-5-. The van der Waals surface area contributed by atoms with E-state index in [-0.39, 0.29) is 0 Å². The fraction of sp³-hybridized carbons (Fsp3) is 0.833. The molecule has 52 valence electrons. The lowest BCUT2D eigenvalue weighted by Gasteiger charge is -1.98. The van der Waals surface area contributed by atoms with Crippen LogP contribution in [0.25, 0.3) is 0 Å². The van der Waals surface area contributed by atoms with E-state index in [0.717, 1.165) is 32.5 Å². The van der Waals surface area contributed by atoms with Crippen LogP contribution >= 0.6 is 0 Å². The maximum Gasteiger partial charge on any atom is 0.0341 e. The predicted molar refractivity (Wildman–Crippen MR) is 38.6 cm³/mol. The minimum atomic E-state index is 0.990. The summed E-state index contributed by atoms with van der Waals surface area (Å²) in [6.07, 6.45) is 4.11. The van der Waals surface area contributed by atoms with Crippen molar-refractivity contribution in [2.45, 2.75) is 12.8 Å². The zero-order chi connectivity index (χ0) is 6.36. The van der Waals surface area contributed by atoms with Gasteiger partial charge in [-0.05, 0) is 19.4 Å². The van der Waals surface area contributed by atoms with E-state index in [1.165, 1.54) is 0 Å². The molecule has 3 heteroatoms. The fourth-order valence-corrected chi connectivity index (χ4v) is 0.778. The Morgan fingerprint density at radius 2 is 2.22 bits per heavy atom. The molecule has 0 radical (unpaired) electrons. The first-order chi connectivity index (χ1) is 4.50. The highest BCUT2D eigenvalue weighted by Gasteiger charge is 1.88. The molecule has 0 unspecified atom stereocenters. The van der Waals surface area contributed by atoms with Gasteiger partial charge in [-0.15, -0.1) is 0 Å². The molecule has 0 aromatic rings. The summed E-state index contributed by atoms with van der Waals surface area (Å²) in [6.45, 7) is 3.16. The number of hydrogen-bond donors (Lipinski definition) is 2. The second-order valence-corrected chi connectivity index (χ2v) is 2.11. The van der Waals surface area contributed by atoms with Crippen LogP contribution in [0.2, 0.25) is 0 Å². The molecule has 9 heavy (non-hydrogen) atoms. The van der Waals surface area contributed by atoms with E-state index in [2.05, 4.69) is 15.8 Å². The lowest BCUT2D eigenvalue weighted by molar-refractivity contribution is 0.631. The van der Waals surface area contributed by atoms with Crippen LogP contribution in [-0.4, -0.2) is 25.8 Å². The molecule has 3 nitrogen and oxygen atoms in total. The van der Waals surface area contributed by atoms with E-state index in [1.54, 1.807) is 0 Å². The second-order valence-electron chi connectivity index (χ2n) is 2.11. The van der Waals surface area contributed by atoms with E-state index in [1.807, 2.05) is 6.21 Å². The molecule has 1 aliphatic heterocycles. The van der Waals surface area contributed by atoms with Crippen LogP contribution < -0.4 is 10.7 Å². The van der Waals surface area contributed by atoms with Crippen LogP contribution in [0.1, 0.15) is 12.8 Å². The van der Waals surface area contributed by atoms with Crippen molar-refractivity contribution < 1.29 is 0 Å². The SMILES string of the molecule is C1=N\NCCCNCC/1. The van der Waals surface area contributed by atoms with Gasteiger partial charge >= 0.3 is 0 Å². The van der Waals surface area contributed by atoms with Gasteiger partial charge in [0.15, 0.2) is 0 Å². The highest BCUT2D eigenvalue weighted by molar-refractivity contribution is 5.56. The van der Waals surface area contributed by atoms with Crippen molar-refractivity contribution in [1.29, 1.82) is 0 Å². The van der Waals surface area contributed by atoms with Gasteiger partial charge in [-0.1, -0.05) is 0 Å². The fourth-order valence-electron chi connectivity index (χ4n) is 0.778. The van der Waals surface area contributed by atoms with E-state index in [4.69, 9.17) is 0 Å². The molecule has 0 bridgehead atoms. The van der Waals surface area contributed by atoms with Gasteiger partial charge in [0.2, 0.25) is 0 Å². The molecule has 0 spiro atoms. The Kier molecular flexibility index (Phi) is 3.15. The Morgan fingerprint density at radius 1 is 1.22 bits per heavy atom. The summed E-state index contributed by atoms with van der Waals surface area (Å²) in [5.41, 5.74) is 2.96. The van der Waals surface area contributed by atoms with Crippen molar-refractivity contribution in [3.63, 3.8) is 0 Å². The first-order valence-corrected chi connectivity index (χ1v) is 3.45. The molecule has 0 aliphatic carbocycles. The Morgan fingerprint density at radius 3 is 3.22 bits per heavy atom. The lowest BCUT2D eigenvalue weighted by atomic mass is 10.4. The van der Waals surface area contributed by atoms with Crippen LogP contribution in [-0.2, 0) is 0 Å². The van der Waals surface area contributed by atoms with Gasteiger partial charge in [-0.25, -0.2) is 0 Å². The predicted octanol–water partition coefficient (Wildman–Crippen LogP) is -0.0548. The van der Waals surface area contributed by atoms with E-state index in [0.29, 0.717) is 0 Å². The maximum atomic E-state index is 3.98. The largest absolute Gasteiger partial charge is 0.316 e. The molecular formula is C6H13N3. The highest BCUT2D eigenvalue weighted by atomic mass is 15.3. The monoisotopic (exact) mass is 127 g/mol. The van der Waals surface area contributed by atoms with Crippen LogP contribution in [0.5, 0.6) is 0 Å². The summed E-state index contributed by atoms with van der Waals surface area (Å²) in [5, 5.41) is 7.27. The maximum absolute atomic E-state index is 3.98. The molecule has 0 fully saturated rings. The molecule has 0 saturated heterocycles. The van der Waals surface area contributed by atoms with Crippen molar-refractivity contribution in [2.24, 2.45) is 5.10 Å². The van der Waals surface area contributed by atoms with Gasteiger partial charge in [-0.2, -0.15) is 5.10 Å². The van der Waals surface area contributed by atoms with Crippen molar-refractivity contribution in [3.8, 4) is 0 Å². The summed E-state index contributed by atoms with van der Waals surface area (Å²) in [7, 11) is 0. The van der Waals surface area contributed by atoms with Crippen molar-refractivity contribution >= 4 is 6.21 Å². The highest BCUT2D eigenvalue weighted by Crippen LogP contribution is 1.78. The first-order valence-electron chi connectivity index (χ1n) is 3.45. The smallest absolute Gasteiger partial charge is 0.0341 e. The summed E-state index contributed by atoms with van der Waals surface area (Å²) < 4.78 is 0. The number of nitrogens with zero attached hydrogens (tertiary/aromatic N) is 1. The van der Waals surface area contributed by atoms with Crippen molar-refractivity contribution in [1.82, 2.24) is 10.7 Å². The second kappa shape index (κ2) is 4.32. The third-order valence-corrected chi connectivity index (χ3v) is 1.27. The number of hydrazone groups is 1. The molecule has 1 rings (SSSR count). The van der Waals surface area contributed by atoms with Crippen LogP contribution in [0.15, 0.2) is 5.10 Å². The molecule has 0 aromatic carbocycles. The zero-order valence-corrected chi connectivity index (χ0v) is 5.56. The van der Waals surface area contributed by atoms with Gasteiger partial charge in [0.05, 0.1) is 0 Å². The third kappa shape index (κ3) is 3.08.